The number of likely N-dealkylation sites (tertiary alicyclic amines) is 1. The molecule has 5 heteroatoms. The molecule has 0 spiro atoms. The molecule has 0 aromatic rings. The number of esters is 1. The van der Waals surface area contributed by atoms with Crippen molar-refractivity contribution < 1.29 is 9.53 Å². The van der Waals surface area contributed by atoms with Gasteiger partial charge in [0.15, 0.2) is 0 Å². The van der Waals surface area contributed by atoms with Gasteiger partial charge in [-0.3, -0.25) is 4.79 Å². The van der Waals surface area contributed by atoms with E-state index in [4.69, 9.17) is 4.74 Å². The van der Waals surface area contributed by atoms with Crippen LogP contribution in [0.1, 0.15) is 26.2 Å². The fraction of sp³-hybridized carbons (Fsp3) is 0.938. The molecule has 0 aromatic heterocycles. The lowest BCUT2D eigenvalue weighted by molar-refractivity contribution is -0.149. The van der Waals surface area contributed by atoms with Crippen molar-refractivity contribution in [2.45, 2.75) is 26.2 Å². The first-order valence-electron chi connectivity index (χ1n) is 8.49. The van der Waals surface area contributed by atoms with Crippen LogP contribution in [0.15, 0.2) is 0 Å². The highest BCUT2D eigenvalue weighted by Crippen LogP contribution is 2.18. The second-order valence-electron chi connectivity index (χ2n) is 6.39. The molecule has 0 N–H and O–H groups in total. The van der Waals surface area contributed by atoms with Gasteiger partial charge in [-0.25, -0.2) is 0 Å². The fourth-order valence-electron chi connectivity index (χ4n) is 3.30. The Morgan fingerprint density at radius 3 is 2.52 bits per heavy atom. The molecule has 2 heterocycles. The zero-order valence-corrected chi connectivity index (χ0v) is 13.7. The largest absolute Gasteiger partial charge is 0.466 e. The standard InChI is InChI=1S/C16H31N3O2/c1-3-21-16(20)15-6-4-7-19(14-15)9-5-8-18-12-10-17(2)11-13-18/h15H,3-14H2,1-2H3. The van der Waals surface area contributed by atoms with Crippen molar-refractivity contribution in [1.29, 1.82) is 0 Å². The van der Waals surface area contributed by atoms with Gasteiger partial charge in [0.25, 0.3) is 0 Å². The summed E-state index contributed by atoms with van der Waals surface area (Å²) in [5.41, 5.74) is 0. The molecule has 2 aliphatic heterocycles. The Balaban J connectivity index is 1.62. The monoisotopic (exact) mass is 297 g/mol. The van der Waals surface area contributed by atoms with Crippen molar-refractivity contribution in [2.24, 2.45) is 5.92 Å². The Bertz CT molecular complexity index is 317. The van der Waals surface area contributed by atoms with E-state index in [1.807, 2.05) is 6.92 Å². The van der Waals surface area contributed by atoms with Crippen molar-refractivity contribution in [3.63, 3.8) is 0 Å². The van der Waals surface area contributed by atoms with E-state index in [1.165, 1.54) is 39.1 Å². The van der Waals surface area contributed by atoms with Crippen LogP contribution in [0.25, 0.3) is 0 Å². The van der Waals surface area contributed by atoms with Crippen LogP contribution >= 0.6 is 0 Å². The minimum atomic E-state index is 0.00117. The van der Waals surface area contributed by atoms with Crippen LogP contribution in [0.4, 0.5) is 0 Å². The maximum Gasteiger partial charge on any atom is 0.310 e. The van der Waals surface area contributed by atoms with Gasteiger partial charge in [0.2, 0.25) is 0 Å². The molecule has 0 amide bonds. The Kier molecular flexibility index (Phi) is 6.93. The Morgan fingerprint density at radius 1 is 1.10 bits per heavy atom. The van der Waals surface area contributed by atoms with Crippen LogP contribution in [0, 0.1) is 5.92 Å². The van der Waals surface area contributed by atoms with Crippen LogP contribution in [-0.2, 0) is 9.53 Å². The molecule has 1 atom stereocenters. The average Bonchev–Trinajstić information content (AvgIpc) is 2.50. The van der Waals surface area contributed by atoms with Crippen molar-refractivity contribution in [3.05, 3.63) is 0 Å². The van der Waals surface area contributed by atoms with Crippen molar-refractivity contribution in [2.75, 3.05) is 66.0 Å². The van der Waals surface area contributed by atoms with Gasteiger partial charge >= 0.3 is 5.97 Å². The van der Waals surface area contributed by atoms with E-state index in [0.29, 0.717) is 6.61 Å². The predicted octanol–water partition coefficient (Wildman–Crippen LogP) is 0.899. The quantitative estimate of drug-likeness (QED) is 0.681. The third-order valence-electron chi connectivity index (χ3n) is 4.67. The number of nitrogens with zero attached hydrogens (tertiary/aromatic N) is 3. The molecule has 2 fully saturated rings. The third kappa shape index (κ3) is 5.57. The Labute approximate surface area is 129 Å². The van der Waals surface area contributed by atoms with Gasteiger partial charge in [-0.2, -0.15) is 0 Å². The fourth-order valence-corrected chi connectivity index (χ4v) is 3.30. The van der Waals surface area contributed by atoms with E-state index < -0.39 is 0 Å². The van der Waals surface area contributed by atoms with Crippen LogP contribution < -0.4 is 0 Å². The van der Waals surface area contributed by atoms with Crippen LogP contribution in [-0.4, -0.2) is 86.7 Å². The summed E-state index contributed by atoms with van der Waals surface area (Å²) in [5.74, 6) is 0.101. The summed E-state index contributed by atoms with van der Waals surface area (Å²) in [7, 11) is 2.20. The van der Waals surface area contributed by atoms with E-state index in [1.54, 1.807) is 0 Å². The molecule has 2 rings (SSSR count). The molecular weight excluding hydrogens is 266 g/mol. The summed E-state index contributed by atoms with van der Waals surface area (Å²) in [6.07, 6.45) is 3.32. The second kappa shape index (κ2) is 8.71. The molecular formula is C16H31N3O2. The number of hydrogen-bond donors (Lipinski definition) is 0. The summed E-state index contributed by atoms with van der Waals surface area (Å²) in [6.45, 7) is 11.5. The van der Waals surface area contributed by atoms with Gasteiger partial charge in [-0.1, -0.05) is 0 Å². The number of hydrogen-bond acceptors (Lipinski definition) is 5. The number of ether oxygens (including phenoxy) is 1. The zero-order chi connectivity index (χ0) is 15.1. The average molecular weight is 297 g/mol. The van der Waals surface area contributed by atoms with Crippen molar-refractivity contribution >= 4 is 5.97 Å². The molecule has 0 saturated carbocycles. The number of piperidine rings is 1. The molecule has 21 heavy (non-hydrogen) atoms. The molecule has 2 saturated heterocycles. The lowest BCUT2D eigenvalue weighted by Gasteiger charge is -2.34. The highest BCUT2D eigenvalue weighted by molar-refractivity contribution is 5.72. The van der Waals surface area contributed by atoms with Crippen LogP contribution in [0.3, 0.4) is 0 Å². The number of carbonyl (C=O) groups excluding carboxylic acids is 1. The smallest absolute Gasteiger partial charge is 0.310 e. The number of rotatable bonds is 6. The summed E-state index contributed by atoms with van der Waals surface area (Å²) in [4.78, 5) is 19.2. The highest BCUT2D eigenvalue weighted by atomic mass is 16.5. The van der Waals surface area contributed by atoms with Gasteiger partial charge < -0.3 is 19.4 Å². The SMILES string of the molecule is CCOC(=O)C1CCCN(CCCN2CCN(C)CC2)C1. The van der Waals surface area contributed by atoms with Gasteiger partial charge in [0.05, 0.1) is 12.5 Å². The minimum Gasteiger partial charge on any atom is -0.466 e. The summed E-state index contributed by atoms with van der Waals surface area (Å²) >= 11 is 0. The summed E-state index contributed by atoms with van der Waals surface area (Å²) in [6, 6.07) is 0. The molecule has 0 aromatic carbocycles. The molecule has 122 valence electrons. The molecule has 0 bridgehead atoms. The van der Waals surface area contributed by atoms with Gasteiger partial charge in [-0.15, -0.1) is 0 Å². The van der Waals surface area contributed by atoms with E-state index in [2.05, 4.69) is 21.7 Å². The van der Waals surface area contributed by atoms with Crippen molar-refractivity contribution in [1.82, 2.24) is 14.7 Å². The highest BCUT2D eigenvalue weighted by Gasteiger charge is 2.26. The summed E-state index contributed by atoms with van der Waals surface area (Å²) < 4.78 is 5.16. The minimum absolute atomic E-state index is 0.00117. The molecule has 0 aliphatic carbocycles. The first kappa shape index (κ1) is 16.7. The topological polar surface area (TPSA) is 36.0 Å². The molecule has 5 nitrogen and oxygen atoms in total. The van der Waals surface area contributed by atoms with E-state index in [-0.39, 0.29) is 11.9 Å². The third-order valence-corrected chi connectivity index (χ3v) is 4.67. The molecule has 1 unspecified atom stereocenters. The van der Waals surface area contributed by atoms with E-state index in [0.717, 1.165) is 32.5 Å². The van der Waals surface area contributed by atoms with Gasteiger partial charge in [0.1, 0.15) is 0 Å². The summed E-state index contributed by atoms with van der Waals surface area (Å²) in [5, 5.41) is 0. The maximum absolute atomic E-state index is 11.8. The lowest BCUT2D eigenvalue weighted by atomic mass is 9.98. The number of piperazine rings is 1. The van der Waals surface area contributed by atoms with Crippen molar-refractivity contribution in [3.8, 4) is 0 Å². The van der Waals surface area contributed by atoms with E-state index >= 15 is 0 Å². The number of carbonyl (C=O) groups is 1. The van der Waals surface area contributed by atoms with E-state index in [9.17, 15) is 4.79 Å². The first-order valence-corrected chi connectivity index (χ1v) is 8.49. The maximum atomic E-state index is 11.8. The van der Waals surface area contributed by atoms with Crippen LogP contribution in [0.2, 0.25) is 0 Å². The Morgan fingerprint density at radius 2 is 1.81 bits per heavy atom. The lowest BCUT2D eigenvalue weighted by Crippen LogP contribution is -2.45. The van der Waals surface area contributed by atoms with Gasteiger partial charge in [-0.05, 0) is 52.9 Å². The second-order valence-corrected chi connectivity index (χ2v) is 6.39. The van der Waals surface area contributed by atoms with Crippen LogP contribution in [0.5, 0.6) is 0 Å². The molecule has 0 radical (unpaired) electrons. The van der Waals surface area contributed by atoms with Gasteiger partial charge in [0, 0.05) is 32.7 Å². The normalized spacial score (nSPS) is 25.9. The zero-order valence-electron chi connectivity index (χ0n) is 13.7. The molecule has 2 aliphatic rings. The predicted molar refractivity (Wildman–Crippen MR) is 84.4 cm³/mol. The first-order chi connectivity index (χ1) is 10.2. The number of likely N-dealkylation sites (N-methyl/N-ethyl adjacent to an activating group) is 1. The Hall–Kier alpha value is -0.650.